The summed E-state index contributed by atoms with van der Waals surface area (Å²) in [5, 5.41) is 2.54. The van der Waals surface area contributed by atoms with Crippen molar-refractivity contribution in [3.8, 4) is 0 Å². The molecule has 0 fully saturated rings. The van der Waals surface area contributed by atoms with Gasteiger partial charge in [0.1, 0.15) is 0 Å². The van der Waals surface area contributed by atoms with E-state index in [0.717, 1.165) is 6.42 Å². The highest BCUT2D eigenvalue weighted by Gasteiger charge is 1.93. The van der Waals surface area contributed by atoms with Crippen LogP contribution in [-0.4, -0.2) is 16.7 Å². The SMILES string of the molecule is O=CNCCC(Br)Br. The van der Waals surface area contributed by atoms with Crippen molar-refractivity contribution in [2.75, 3.05) is 6.54 Å². The van der Waals surface area contributed by atoms with Gasteiger partial charge in [-0.05, 0) is 6.42 Å². The van der Waals surface area contributed by atoms with Gasteiger partial charge in [-0.15, -0.1) is 0 Å². The third kappa shape index (κ3) is 6.43. The third-order valence-corrected chi connectivity index (χ3v) is 1.51. The Bertz CT molecular complexity index is 67.1. The minimum Gasteiger partial charge on any atom is -0.359 e. The quantitative estimate of drug-likeness (QED) is 0.450. The molecule has 0 aliphatic rings. The van der Waals surface area contributed by atoms with Crippen LogP contribution in [0, 0.1) is 0 Å². The molecule has 0 aromatic heterocycles. The monoisotopic (exact) mass is 243 g/mol. The van der Waals surface area contributed by atoms with Crippen LogP contribution in [0.3, 0.4) is 0 Å². The second-order valence-corrected chi connectivity index (χ2v) is 4.69. The van der Waals surface area contributed by atoms with E-state index in [2.05, 4.69) is 37.2 Å². The van der Waals surface area contributed by atoms with Crippen LogP contribution < -0.4 is 5.32 Å². The van der Waals surface area contributed by atoms with Gasteiger partial charge in [0.15, 0.2) is 0 Å². The summed E-state index contributed by atoms with van der Waals surface area (Å²) in [6.45, 7) is 0.713. The third-order valence-electron chi connectivity index (χ3n) is 0.590. The number of carbonyl (C=O) groups is 1. The lowest BCUT2D eigenvalue weighted by atomic mass is 10.5. The molecule has 0 unspecified atom stereocenters. The molecular weight excluding hydrogens is 238 g/mol. The minimum absolute atomic E-state index is 0.308. The number of amides is 1. The molecule has 0 saturated carbocycles. The van der Waals surface area contributed by atoms with E-state index < -0.39 is 0 Å². The number of rotatable bonds is 4. The molecule has 0 heterocycles. The summed E-state index contributed by atoms with van der Waals surface area (Å²) in [4.78, 5) is 9.64. The fourth-order valence-corrected chi connectivity index (χ4v) is 0.709. The average Bonchev–Trinajstić information content (AvgIpc) is 1.66. The molecule has 0 aliphatic carbocycles. The van der Waals surface area contributed by atoms with Crippen molar-refractivity contribution < 1.29 is 4.79 Å². The first-order chi connectivity index (χ1) is 3.77. The molecule has 0 aromatic carbocycles. The van der Waals surface area contributed by atoms with E-state index in [4.69, 9.17) is 0 Å². The average molecular weight is 245 g/mol. The fraction of sp³-hybridized carbons (Fsp3) is 0.750. The Hall–Kier alpha value is 0.430. The lowest BCUT2D eigenvalue weighted by Crippen LogP contribution is -2.13. The zero-order chi connectivity index (χ0) is 6.41. The number of carbonyl (C=O) groups excluding carboxylic acids is 1. The maximum atomic E-state index is 9.64. The van der Waals surface area contributed by atoms with Crippen molar-refractivity contribution in [1.29, 1.82) is 0 Å². The van der Waals surface area contributed by atoms with Crippen LogP contribution in [0.5, 0.6) is 0 Å². The van der Waals surface area contributed by atoms with Gasteiger partial charge in [-0.3, -0.25) is 4.79 Å². The highest BCUT2D eigenvalue weighted by atomic mass is 79.9. The van der Waals surface area contributed by atoms with E-state index >= 15 is 0 Å². The van der Waals surface area contributed by atoms with Gasteiger partial charge >= 0.3 is 0 Å². The summed E-state index contributed by atoms with van der Waals surface area (Å²) >= 11 is 6.53. The van der Waals surface area contributed by atoms with Crippen molar-refractivity contribution >= 4 is 38.3 Å². The van der Waals surface area contributed by atoms with E-state index in [0.29, 0.717) is 16.7 Å². The second-order valence-electron chi connectivity index (χ2n) is 1.25. The van der Waals surface area contributed by atoms with E-state index in [9.17, 15) is 4.79 Å². The van der Waals surface area contributed by atoms with Gasteiger partial charge in [-0.2, -0.15) is 0 Å². The summed E-state index contributed by atoms with van der Waals surface area (Å²) < 4.78 is 0.308. The van der Waals surface area contributed by atoms with Crippen LogP contribution in [-0.2, 0) is 4.79 Å². The minimum atomic E-state index is 0.308. The molecule has 48 valence electrons. The fourth-order valence-electron chi connectivity index (χ4n) is 0.251. The molecule has 8 heavy (non-hydrogen) atoms. The van der Waals surface area contributed by atoms with Crippen molar-refractivity contribution in [3.05, 3.63) is 0 Å². The molecule has 1 amide bonds. The van der Waals surface area contributed by atoms with Crippen LogP contribution in [0.15, 0.2) is 0 Å². The Morgan fingerprint density at radius 1 is 1.62 bits per heavy atom. The van der Waals surface area contributed by atoms with Crippen LogP contribution >= 0.6 is 31.9 Å². The first-order valence-electron chi connectivity index (χ1n) is 2.22. The molecular formula is C4H7Br2NO. The van der Waals surface area contributed by atoms with Crippen LogP contribution in [0.25, 0.3) is 0 Å². The number of hydrogen-bond donors (Lipinski definition) is 1. The molecule has 0 aromatic rings. The van der Waals surface area contributed by atoms with Gasteiger partial charge in [0.05, 0.1) is 3.74 Å². The molecule has 0 aliphatic heterocycles. The van der Waals surface area contributed by atoms with Gasteiger partial charge in [-0.25, -0.2) is 0 Å². The number of alkyl halides is 2. The first kappa shape index (κ1) is 8.43. The first-order valence-corrected chi connectivity index (χ1v) is 4.05. The van der Waals surface area contributed by atoms with Crippen molar-refractivity contribution in [1.82, 2.24) is 5.32 Å². The molecule has 0 saturated heterocycles. The van der Waals surface area contributed by atoms with Crippen molar-refractivity contribution in [2.24, 2.45) is 0 Å². The van der Waals surface area contributed by atoms with Crippen molar-refractivity contribution in [2.45, 2.75) is 10.2 Å². The number of nitrogens with one attached hydrogen (secondary N) is 1. The number of hydrogen-bond acceptors (Lipinski definition) is 1. The Morgan fingerprint density at radius 2 is 2.25 bits per heavy atom. The van der Waals surface area contributed by atoms with E-state index in [1.165, 1.54) is 0 Å². The molecule has 0 bridgehead atoms. The Balaban J connectivity index is 2.81. The van der Waals surface area contributed by atoms with Gasteiger partial charge in [-0.1, -0.05) is 31.9 Å². The Kier molecular flexibility index (Phi) is 5.86. The highest BCUT2D eigenvalue weighted by Crippen LogP contribution is 2.10. The Morgan fingerprint density at radius 3 is 2.62 bits per heavy atom. The van der Waals surface area contributed by atoms with Gasteiger partial charge < -0.3 is 5.32 Å². The lowest BCUT2D eigenvalue weighted by Gasteiger charge is -1.97. The molecule has 0 rings (SSSR count). The van der Waals surface area contributed by atoms with Gasteiger partial charge in [0.25, 0.3) is 0 Å². The van der Waals surface area contributed by atoms with Crippen LogP contribution in [0.1, 0.15) is 6.42 Å². The Labute approximate surface area is 65.3 Å². The van der Waals surface area contributed by atoms with Crippen LogP contribution in [0.4, 0.5) is 0 Å². The summed E-state index contributed by atoms with van der Waals surface area (Å²) in [6, 6.07) is 0. The summed E-state index contributed by atoms with van der Waals surface area (Å²) in [5.74, 6) is 0. The smallest absolute Gasteiger partial charge is 0.207 e. The van der Waals surface area contributed by atoms with Crippen molar-refractivity contribution in [3.63, 3.8) is 0 Å². The summed E-state index contributed by atoms with van der Waals surface area (Å²) in [7, 11) is 0. The maximum absolute atomic E-state index is 9.64. The molecule has 0 spiro atoms. The van der Waals surface area contributed by atoms with Gasteiger partial charge in [0.2, 0.25) is 6.41 Å². The highest BCUT2D eigenvalue weighted by molar-refractivity contribution is 9.24. The second kappa shape index (κ2) is 5.56. The predicted molar refractivity (Wildman–Crippen MR) is 40.3 cm³/mol. The predicted octanol–water partition coefficient (Wildman–Crippen LogP) is 1.24. The largest absolute Gasteiger partial charge is 0.359 e. The zero-order valence-corrected chi connectivity index (χ0v) is 7.41. The molecule has 0 radical (unpaired) electrons. The van der Waals surface area contributed by atoms with E-state index in [1.807, 2.05) is 0 Å². The van der Waals surface area contributed by atoms with E-state index in [-0.39, 0.29) is 0 Å². The molecule has 0 atom stereocenters. The zero-order valence-electron chi connectivity index (χ0n) is 4.23. The maximum Gasteiger partial charge on any atom is 0.207 e. The molecule has 4 heteroatoms. The molecule has 1 N–H and O–H groups in total. The normalized spacial score (nSPS) is 9.38. The van der Waals surface area contributed by atoms with Gasteiger partial charge in [0, 0.05) is 6.54 Å². The summed E-state index contributed by atoms with van der Waals surface area (Å²) in [5.41, 5.74) is 0. The lowest BCUT2D eigenvalue weighted by molar-refractivity contribution is -0.109. The summed E-state index contributed by atoms with van der Waals surface area (Å²) in [6.07, 6.45) is 1.60. The topological polar surface area (TPSA) is 29.1 Å². The number of halogens is 2. The van der Waals surface area contributed by atoms with E-state index in [1.54, 1.807) is 0 Å². The van der Waals surface area contributed by atoms with Crippen LogP contribution in [0.2, 0.25) is 0 Å². The standard InChI is InChI=1S/C4H7Br2NO/c5-4(6)1-2-7-3-8/h3-4H,1-2H2,(H,7,8). The molecule has 2 nitrogen and oxygen atoms in total.